The van der Waals surface area contributed by atoms with E-state index in [0.29, 0.717) is 12.0 Å². The van der Waals surface area contributed by atoms with Crippen molar-refractivity contribution in [1.82, 2.24) is 15.1 Å². The lowest BCUT2D eigenvalue weighted by molar-refractivity contribution is 0.146. The van der Waals surface area contributed by atoms with E-state index in [0.717, 1.165) is 18.8 Å². The van der Waals surface area contributed by atoms with Gasteiger partial charge in [0.2, 0.25) is 0 Å². The van der Waals surface area contributed by atoms with Gasteiger partial charge < -0.3 is 10.1 Å². The van der Waals surface area contributed by atoms with E-state index >= 15 is 0 Å². The number of methoxy groups -OCH3 is 1. The smallest absolute Gasteiger partial charge is 0.0638 e. The van der Waals surface area contributed by atoms with Gasteiger partial charge in [0.1, 0.15) is 0 Å². The molecule has 0 radical (unpaired) electrons. The Morgan fingerprint density at radius 3 is 2.62 bits per heavy atom. The molecule has 0 amide bonds. The summed E-state index contributed by atoms with van der Waals surface area (Å²) in [6, 6.07) is 0.393. The standard InChI is InChI=1S/C12H23N3O/c1-9(2)12(8-16-5)13-6-11-7-15(4)14-10(11)3/h7,9,12-13H,6,8H2,1-5H3. The Labute approximate surface area is 98.0 Å². The van der Waals surface area contributed by atoms with Gasteiger partial charge in [-0.1, -0.05) is 13.8 Å². The second kappa shape index (κ2) is 6.01. The molecule has 0 spiro atoms. The van der Waals surface area contributed by atoms with Gasteiger partial charge in [-0.15, -0.1) is 0 Å². The second-order valence-electron chi connectivity index (χ2n) is 4.60. The highest BCUT2D eigenvalue weighted by Gasteiger charge is 2.13. The zero-order valence-electron chi connectivity index (χ0n) is 10.9. The van der Waals surface area contributed by atoms with E-state index in [2.05, 4.69) is 30.5 Å². The first-order valence-corrected chi connectivity index (χ1v) is 5.76. The molecule has 1 rings (SSSR count). The Hall–Kier alpha value is -0.870. The first kappa shape index (κ1) is 13.2. The molecule has 4 heteroatoms. The largest absolute Gasteiger partial charge is 0.383 e. The summed E-state index contributed by atoms with van der Waals surface area (Å²) in [5, 5.41) is 7.84. The van der Waals surface area contributed by atoms with Gasteiger partial charge in [-0.25, -0.2) is 0 Å². The van der Waals surface area contributed by atoms with Gasteiger partial charge in [-0.3, -0.25) is 4.68 Å². The van der Waals surface area contributed by atoms with E-state index < -0.39 is 0 Å². The third-order valence-corrected chi connectivity index (χ3v) is 2.82. The van der Waals surface area contributed by atoms with E-state index in [1.165, 1.54) is 5.56 Å². The minimum atomic E-state index is 0.393. The summed E-state index contributed by atoms with van der Waals surface area (Å²) in [5.41, 5.74) is 2.35. The van der Waals surface area contributed by atoms with Crippen LogP contribution in [0.2, 0.25) is 0 Å². The van der Waals surface area contributed by atoms with Gasteiger partial charge in [-0.05, 0) is 12.8 Å². The van der Waals surface area contributed by atoms with Crippen LogP contribution in [0.4, 0.5) is 0 Å². The summed E-state index contributed by atoms with van der Waals surface area (Å²) in [4.78, 5) is 0. The Kier molecular flexibility index (Phi) is 4.96. The average Bonchev–Trinajstić information content (AvgIpc) is 2.51. The zero-order valence-corrected chi connectivity index (χ0v) is 10.9. The van der Waals surface area contributed by atoms with Crippen LogP contribution >= 0.6 is 0 Å². The highest BCUT2D eigenvalue weighted by atomic mass is 16.5. The van der Waals surface area contributed by atoms with Crippen molar-refractivity contribution in [3.63, 3.8) is 0 Å². The number of nitrogens with zero attached hydrogens (tertiary/aromatic N) is 2. The van der Waals surface area contributed by atoms with Crippen molar-refractivity contribution in [2.24, 2.45) is 13.0 Å². The molecular formula is C12H23N3O. The molecule has 1 heterocycles. The van der Waals surface area contributed by atoms with E-state index in [-0.39, 0.29) is 0 Å². The van der Waals surface area contributed by atoms with E-state index in [1.54, 1.807) is 7.11 Å². The van der Waals surface area contributed by atoms with Crippen LogP contribution in [0, 0.1) is 12.8 Å². The van der Waals surface area contributed by atoms with E-state index in [1.807, 2.05) is 18.7 Å². The molecule has 1 atom stereocenters. The Morgan fingerprint density at radius 1 is 1.50 bits per heavy atom. The highest BCUT2D eigenvalue weighted by molar-refractivity contribution is 5.14. The van der Waals surface area contributed by atoms with Crippen molar-refractivity contribution in [3.8, 4) is 0 Å². The van der Waals surface area contributed by atoms with Crippen LogP contribution in [0.5, 0.6) is 0 Å². The minimum absolute atomic E-state index is 0.393. The first-order valence-electron chi connectivity index (χ1n) is 5.76. The number of nitrogens with one attached hydrogen (secondary N) is 1. The summed E-state index contributed by atoms with van der Waals surface area (Å²) >= 11 is 0. The number of hydrogen-bond donors (Lipinski definition) is 1. The molecule has 0 bridgehead atoms. The van der Waals surface area contributed by atoms with Crippen LogP contribution in [-0.2, 0) is 18.3 Å². The normalized spacial score (nSPS) is 13.4. The molecule has 0 saturated carbocycles. The molecule has 1 aromatic heterocycles. The van der Waals surface area contributed by atoms with Crippen LogP contribution in [0.3, 0.4) is 0 Å². The molecule has 92 valence electrons. The van der Waals surface area contributed by atoms with Crippen LogP contribution in [0.1, 0.15) is 25.1 Å². The van der Waals surface area contributed by atoms with Crippen LogP contribution < -0.4 is 5.32 Å². The maximum Gasteiger partial charge on any atom is 0.0638 e. The molecule has 0 aliphatic rings. The Balaban J connectivity index is 2.51. The molecule has 1 unspecified atom stereocenters. The molecule has 0 aliphatic carbocycles. The predicted octanol–water partition coefficient (Wildman–Crippen LogP) is 1.49. The van der Waals surface area contributed by atoms with Gasteiger partial charge in [-0.2, -0.15) is 5.10 Å². The third-order valence-electron chi connectivity index (χ3n) is 2.82. The highest BCUT2D eigenvalue weighted by Crippen LogP contribution is 2.07. The number of aryl methyl sites for hydroxylation is 2. The van der Waals surface area contributed by atoms with Crippen molar-refractivity contribution in [2.75, 3.05) is 13.7 Å². The molecular weight excluding hydrogens is 202 g/mol. The quantitative estimate of drug-likeness (QED) is 0.797. The fourth-order valence-corrected chi connectivity index (χ4v) is 1.73. The van der Waals surface area contributed by atoms with E-state index in [4.69, 9.17) is 4.74 Å². The van der Waals surface area contributed by atoms with Crippen LogP contribution in [0.15, 0.2) is 6.20 Å². The molecule has 1 aromatic rings. The van der Waals surface area contributed by atoms with Gasteiger partial charge in [0.05, 0.1) is 12.3 Å². The molecule has 1 N–H and O–H groups in total. The lowest BCUT2D eigenvalue weighted by atomic mass is 10.1. The summed E-state index contributed by atoms with van der Waals surface area (Å²) < 4.78 is 7.06. The van der Waals surface area contributed by atoms with Crippen molar-refractivity contribution in [2.45, 2.75) is 33.4 Å². The lowest BCUT2D eigenvalue weighted by Gasteiger charge is -2.21. The number of rotatable bonds is 6. The fraction of sp³-hybridized carbons (Fsp3) is 0.750. The molecule has 16 heavy (non-hydrogen) atoms. The molecule has 0 aliphatic heterocycles. The summed E-state index contributed by atoms with van der Waals surface area (Å²) in [6.07, 6.45) is 2.06. The molecule has 0 saturated heterocycles. The van der Waals surface area contributed by atoms with Gasteiger partial charge in [0.25, 0.3) is 0 Å². The fourth-order valence-electron chi connectivity index (χ4n) is 1.73. The van der Waals surface area contributed by atoms with Crippen molar-refractivity contribution in [1.29, 1.82) is 0 Å². The molecule has 0 aromatic carbocycles. The lowest BCUT2D eigenvalue weighted by Crippen LogP contribution is -2.37. The van der Waals surface area contributed by atoms with Crippen molar-refractivity contribution < 1.29 is 4.74 Å². The number of aromatic nitrogens is 2. The average molecular weight is 225 g/mol. The predicted molar refractivity (Wildman–Crippen MR) is 65.3 cm³/mol. The first-order chi connectivity index (χ1) is 7.54. The van der Waals surface area contributed by atoms with Crippen LogP contribution in [-0.4, -0.2) is 29.5 Å². The maximum atomic E-state index is 5.21. The molecule has 4 nitrogen and oxygen atoms in total. The van der Waals surface area contributed by atoms with Gasteiger partial charge >= 0.3 is 0 Å². The monoisotopic (exact) mass is 225 g/mol. The van der Waals surface area contributed by atoms with Crippen molar-refractivity contribution in [3.05, 3.63) is 17.5 Å². The van der Waals surface area contributed by atoms with Crippen molar-refractivity contribution >= 4 is 0 Å². The van der Waals surface area contributed by atoms with E-state index in [9.17, 15) is 0 Å². The second-order valence-corrected chi connectivity index (χ2v) is 4.60. The molecule has 0 fully saturated rings. The van der Waals surface area contributed by atoms with Gasteiger partial charge in [0, 0.05) is 38.5 Å². The number of hydrogen-bond acceptors (Lipinski definition) is 3. The third kappa shape index (κ3) is 3.61. The Morgan fingerprint density at radius 2 is 2.19 bits per heavy atom. The SMILES string of the molecule is COCC(NCc1cn(C)nc1C)C(C)C. The Bertz CT molecular complexity index is 320. The zero-order chi connectivity index (χ0) is 12.1. The summed E-state index contributed by atoms with van der Waals surface area (Å²) in [5.74, 6) is 0.567. The summed E-state index contributed by atoms with van der Waals surface area (Å²) in [7, 11) is 3.69. The maximum absolute atomic E-state index is 5.21. The van der Waals surface area contributed by atoms with Crippen LogP contribution in [0.25, 0.3) is 0 Å². The minimum Gasteiger partial charge on any atom is -0.383 e. The summed E-state index contributed by atoms with van der Waals surface area (Å²) in [6.45, 7) is 8.04. The van der Waals surface area contributed by atoms with Gasteiger partial charge in [0.15, 0.2) is 0 Å². The number of ether oxygens (including phenoxy) is 1. The topological polar surface area (TPSA) is 39.1 Å².